The number of fused-ring (bicyclic) bond motifs is 1. The highest BCUT2D eigenvalue weighted by atomic mass is 16.5. The summed E-state index contributed by atoms with van der Waals surface area (Å²) >= 11 is 0. The number of carbonyl (C=O) groups is 1. The highest BCUT2D eigenvalue weighted by molar-refractivity contribution is 6.02. The topological polar surface area (TPSA) is 112 Å². The molecule has 4 rings (SSSR count). The van der Waals surface area contributed by atoms with E-state index in [0.29, 0.717) is 16.9 Å². The lowest BCUT2D eigenvalue weighted by atomic mass is 10.2. The fraction of sp³-hybridized carbons (Fsp3) is 0.0667. The van der Waals surface area contributed by atoms with E-state index in [1.54, 1.807) is 36.9 Å². The van der Waals surface area contributed by atoms with E-state index in [1.807, 2.05) is 6.07 Å². The quantitative estimate of drug-likeness (QED) is 0.599. The van der Waals surface area contributed by atoms with E-state index < -0.39 is 0 Å². The van der Waals surface area contributed by atoms with E-state index in [2.05, 4.69) is 30.5 Å². The molecule has 24 heavy (non-hydrogen) atoms. The molecule has 0 radical (unpaired) electrons. The van der Waals surface area contributed by atoms with Gasteiger partial charge in [-0.2, -0.15) is 5.10 Å². The molecule has 0 saturated heterocycles. The van der Waals surface area contributed by atoms with Gasteiger partial charge in [0.05, 0.1) is 5.39 Å². The molecule has 1 amide bonds. The zero-order chi connectivity index (χ0) is 16.4. The number of pyridine rings is 2. The van der Waals surface area contributed by atoms with Gasteiger partial charge >= 0.3 is 0 Å². The zero-order valence-corrected chi connectivity index (χ0v) is 12.3. The van der Waals surface area contributed by atoms with Gasteiger partial charge in [-0.1, -0.05) is 11.2 Å². The van der Waals surface area contributed by atoms with Crippen molar-refractivity contribution in [2.75, 3.05) is 0 Å². The molecule has 0 atom stereocenters. The average molecular weight is 321 g/mol. The monoisotopic (exact) mass is 321 g/mol. The van der Waals surface area contributed by atoms with Crippen molar-refractivity contribution in [1.29, 1.82) is 0 Å². The Morgan fingerprint density at radius 3 is 2.96 bits per heavy atom. The molecule has 4 heterocycles. The maximum absolute atomic E-state index is 12.4. The number of nitrogens with zero attached hydrogens (tertiary/aromatic N) is 6. The third kappa shape index (κ3) is 2.47. The molecule has 9 heteroatoms. The fourth-order valence-corrected chi connectivity index (χ4v) is 2.30. The standard InChI is InChI=1S/C15H11N7O2/c23-15(12-11-4-2-5-17-13(11)21-24-12)19-7-10-3-1-6-18-14(10)22-9-16-8-20-22/h1-6,8-9H,7H2,(H,19,23). The Balaban J connectivity index is 1.56. The van der Waals surface area contributed by atoms with Gasteiger partial charge in [0.2, 0.25) is 11.4 Å². The number of nitrogens with one attached hydrogen (secondary N) is 1. The summed E-state index contributed by atoms with van der Waals surface area (Å²) in [6, 6.07) is 7.10. The summed E-state index contributed by atoms with van der Waals surface area (Å²) in [5, 5.41) is 11.2. The first-order chi connectivity index (χ1) is 11.8. The van der Waals surface area contributed by atoms with Crippen LogP contribution in [-0.4, -0.2) is 35.8 Å². The summed E-state index contributed by atoms with van der Waals surface area (Å²) in [6.45, 7) is 0.254. The van der Waals surface area contributed by atoms with Crippen LogP contribution in [0.3, 0.4) is 0 Å². The van der Waals surface area contributed by atoms with Crippen molar-refractivity contribution < 1.29 is 9.32 Å². The second-order valence-electron chi connectivity index (χ2n) is 4.90. The predicted octanol–water partition coefficient (Wildman–Crippen LogP) is 1.13. The lowest BCUT2D eigenvalue weighted by Gasteiger charge is -2.08. The second kappa shape index (κ2) is 5.88. The van der Waals surface area contributed by atoms with Gasteiger partial charge in [-0.3, -0.25) is 4.79 Å². The van der Waals surface area contributed by atoms with Crippen molar-refractivity contribution in [3.63, 3.8) is 0 Å². The molecule has 0 saturated carbocycles. The third-order valence-corrected chi connectivity index (χ3v) is 3.40. The van der Waals surface area contributed by atoms with Crippen molar-refractivity contribution in [1.82, 2.24) is 35.2 Å². The lowest BCUT2D eigenvalue weighted by molar-refractivity contribution is 0.0916. The van der Waals surface area contributed by atoms with E-state index >= 15 is 0 Å². The summed E-state index contributed by atoms with van der Waals surface area (Å²) < 4.78 is 6.64. The van der Waals surface area contributed by atoms with Crippen LogP contribution in [0.4, 0.5) is 0 Å². The van der Waals surface area contributed by atoms with E-state index in [9.17, 15) is 4.79 Å². The van der Waals surface area contributed by atoms with Crippen LogP contribution in [0.25, 0.3) is 16.9 Å². The van der Waals surface area contributed by atoms with Gasteiger partial charge in [-0.05, 0) is 18.2 Å². The Labute approximate surface area is 135 Å². The maximum atomic E-state index is 12.4. The van der Waals surface area contributed by atoms with E-state index in [1.165, 1.54) is 11.0 Å². The van der Waals surface area contributed by atoms with E-state index in [4.69, 9.17) is 4.52 Å². The van der Waals surface area contributed by atoms with Crippen LogP contribution in [0.2, 0.25) is 0 Å². The first-order valence-electron chi connectivity index (χ1n) is 7.10. The van der Waals surface area contributed by atoms with Crippen LogP contribution in [0.5, 0.6) is 0 Å². The van der Waals surface area contributed by atoms with Crippen LogP contribution in [0.15, 0.2) is 53.8 Å². The number of hydrogen-bond donors (Lipinski definition) is 1. The molecule has 4 aromatic heterocycles. The lowest BCUT2D eigenvalue weighted by Crippen LogP contribution is -2.23. The molecule has 0 spiro atoms. The van der Waals surface area contributed by atoms with E-state index in [0.717, 1.165) is 5.56 Å². The van der Waals surface area contributed by atoms with Crippen molar-refractivity contribution in [3.8, 4) is 5.82 Å². The van der Waals surface area contributed by atoms with Gasteiger partial charge < -0.3 is 9.84 Å². The Morgan fingerprint density at radius 1 is 1.21 bits per heavy atom. The molecule has 0 aromatic carbocycles. The minimum atomic E-state index is -0.376. The van der Waals surface area contributed by atoms with Crippen molar-refractivity contribution in [3.05, 3.63) is 60.6 Å². The van der Waals surface area contributed by atoms with Gasteiger partial charge in [0.25, 0.3) is 5.91 Å². The van der Waals surface area contributed by atoms with Crippen molar-refractivity contribution in [2.24, 2.45) is 0 Å². The highest BCUT2D eigenvalue weighted by Gasteiger charge is 2.17. The molecule has 0 bridgehead atoms. The third-order valence-electron chi connectivity index (χ3n) is 3.40. The number of carbonyl (C=O) groups excluding carboxylic acids is 1. The van der Waals surface area contributed by atoms with Crippen LogP contribution in [0.1, 0.15) is 16.1 Å². The summed E-state index contributed by atoms with van der Waals surface area (Å²) in [5.74, 6) is 0.350. The molecule has 0 unspecified atom stereocenters. The summed E-state index contributed by atoms with van der Waals surface area (Å²) in [4.78, 5) is 24.6. The van der Waals surface area contributed by atoms with Crippen molar-refractivity contribution >= 4 is 16.9 Å². The predicted molar refractivity (Wildman–Crippen MR) is 82.1 cm³/mol. The van der Waals surface area contributed by atoms with Crippen molar-refractivity contribution in [2.45, 2.75) is 6.54 Å². The first kappa shape index (κ1) is 14.0. The Morgan fingerprint density at radius 2 is 2.08 bits per heavy atom. The second-order valence-corrected chi connectivity index (χ2v) is 4.90. The maximum Gasteiger partial charge on any atom is 0.290 e. The Hall–Kier alpha value is -3.62. The first-order valence-corrected chi connectivity index (χ1v) is 7.10. The van der Waals surface area contributed by atoms with Gasteiger partial charge in [0.15, 0.2) is 5.82 Å². The molecule has 1 N–H and O–H groups in total. The zero-order valence-electron chi connectivity index (χ0n) is 12.3. The fourth-order valence-electron chi connectivity index (χ4n) is 2.30. The summed E-state index contributed by atoms with van der Waals surface area (Å²) in [7, 11) is 0. The Bertz CT molecular complexity index is 994. The van der Waals surface area contributed by atoms with Crippen LogP contribution in [-0.2, 0) is 6.54 Å². The van der Waals surface area contributed by atoms with Gasteiger partial charge in [-0.15, -0.1) is 0 Å². The average Bonchev–Trinajstić information content (AvgIpc) is 3.29. The molecular formula is C15H11N7O2. The van der Waals surface area contributed by atoms with Crippen LogP contribution < -0.4 is 5.32 Å². The Kier molecular flexibility index (Phi) is 3.43. The molecule has 4 aromatic rings. The van der Waals surface area contributed by atoms with Crippen LogP contribution in [0, 0.1) is 0 Å². The summed E-state index contributed by atoms with van der Waals surface area (Å²) in [6.07, 6.45) is 6.21. The molecule has 0 fully saturated rings. The minimum absolute atomic E-state index is 0.129. The molecule has 118 valence electrons. The largest absolute Gasteiger partial charge is 0.348 e. The molecule has 9 nitrogen and oxygen atoms in total. The highest BCUT2D eigenvalue weighted by Crippen LogP contribution is 2.16. The minimum Gasteiger partial charge on any atom is -0.348 e. The number of rotatable bonds is 4. The number of hydrogen-bond acceptors (Lipinski definition) is 7. The number of amides is 1. The van der Waals surface area contributed by atoms with Gasteiger partial charge in [-0.25, -0.2) is 19.6 Å². The van der Waals surface area contributed by atoms with Crippen LogP contribution >= 0.6 is 0 Å². The van der Waals surface area contributed by atoms with Gasteiger partial charge in [0, 0.05) is 24.5 Å². The SMILES string of the molecule is O=C(NCc1cccnc1-n1cncn1)c1onc2ncccc12. The van der Waals surface area contributed by atoms with Gasteiger partial charge in [0.1, 0.15) is 12.7 Å². The smallest absolute Gasteiger partial charge is 0.290 e. The van der Waals surface area contributed by atoms with E-state index in [-0.39, 0.29) is 18.2 Å². The number of aromatic nitrogens is 6. The molecule has 0 aliphatic carbocycles. The molecule has 0 aliphatic heterocycles. The normalized spacial score (nSPS) is 10.8. The molecular weight excluding hydrogens is 310 g/mol. The summed E-state index contributed by atoms with van der Waals surface area (Å²) in [5.41, 5.74) is 1.19. The molecule has 0 aliphatic rings.